The number of anilines is 1. The van der Waals surface area contributed by atoms with Crippen LogP contribution < -0.4 is 11.1 Å². The number of aromatic nitrogens is 1. The summed E-state index contributed by atoms with van der Waals surface area (Å²) in [4.78, 5) is 5.32. The Bertz CT molecular complexity index is 577. The summed E-state index contributed by atoms with van der Waals surface area (Å²) in [5.74, 6) is 1.60. The third-order valence-electron chi connectivity index (χ3n) is 3.10. The van der Waals surface area contributed by atoms with Gasteiger partial charge in [0.15, 0.2) is 0 Å². The molecule has 1 unspecified atom stereocenters. The summed E-state index contributed by atoms with van der Waals surface area (Å²) in [6.07, 6.45) is 2.73. The van der Waals surface area contributed by atoms with Gasteiger partial charge in [-0.2, -0.15) is 0 Å². The third-order valence-corrected chi connectivity index (χ3v) is 5.29. The first kappa shape index (κ1) is 16.3. The van der Waals surface area contributed by atoms with Crippen LogP contribution in [0.1, 0.15) is 12.5 Å². The predicted octanol–water partition coefficient (Wildman–Crippen LogP) is 3.74. The average molecular weight is 366 g/mol. The monoisotopic (exact) mass is 365 g/mol. The topological polar surface area (TPSA) is 50.9 Å². The van der Waals surface area contributed by atoms with Crippen molar-refractivity contribution in [3.05, 3.63) is 52.6 Å². The molecule has 0 radical (unpaired) electrons. The van der Waals surface area contributed by atoms with E-state index in [1.807, 2.05) is 30.0 Å². The predicted molar refractivity (Wildman–Crippen MR) is 94.7 cm³/mol. The molecular formula is C16H20BrN3S. The molecule has 0 fully saturated rings. The number of likely N-dealkylation sites (N-methyl/N-ethyl adjacent to an activating group) is 1. The Morgan fingerprint density at radius 2 is 2.14 bits per heavy atom. The number of hydrogen-bond acceptors (Lipinski definition) is 4. The van der Waals surface area contributed by atoms with Crippen LogP contribution in [0.25, 0.3) is 0 Å². The van der Waals surface area contributed by atoms with E-state index in [0.717, 1.165) is 23.2 Å². The molecule has 5 heteroatoms. The number of thioether (sulfide) groups is 1. The molecule has 0 aliphatic heterocycles. The molecule has 1 aromatic carbocycles. The van der Waals surface area contributed by atoms with E-state index in [2.05, 4.69) is 51.4 Å². The lowest BCUT2D eigenvalue weighted by Crippen LogP contribution is -2.33. The maximum atomic E-state index is 5.75. The maximum absolute atomic E-state index is 5.75. The third kappa shape index (κ3) is 5.34. The summed E-state index contributed by atoms with van der Waals surface area (Å²) in [5, 5.41) is 3.54. The summed E-state index contributed by atoms with van der Waals surface area (Å²) >= 11 is 5.46. The molecule has 112 valence electrons. The SMILES string of the molecule is CCNC(CSc1ccccc1Br)Cc1ccnc(N)c1. The number of nitrogens with two attached hydrogens (primary N) is 1. The zero-order valence-corrected chi connectivity index (χ0v) is 14.5. The van der Waals surface area contributed by atoms with Gasteiger partial charge in [-0.05, 0) is 58.7 Å². The fourth-order valence-electron chi connectivity index (χ4n) is 2.14. The number of nitrogen functional groups attached to an aromatic ring is 1. The first-order chi connectivity index (χ1) is 10.2. The molecule has 0 bridgehead atoms. The number of pyridine rings is 1. The highest BCUT2D eigenvalue weighted by Crippen LogP contribution is 2.27. The molecule has 1 heterocycles. The molecule has 0 saturated heterocycles. The van der Waals surface area contributed by atoms with Gasteiger partial charge in [0.2, 0.25) is 0 Å². The van der Waals surface area contributed by atoms with E-state index in [0.29, 0.717) is 11.9 Å². The molecule has 21 heavy (non-hydrogen) atoms. The van der Waals surface area contributed by atoms with Gasteiger partial charge in [-0.3, -0.25) is 0 Å². The molecule has 2 aromatic rings. The van der Waals surface area contributed by atoms with Crippen LogP contribution in [0.2, 0.25) is 0 Å². The van der Waals surface area contributed by atoms with Gasteiger partial charge < -0.3 is 11.1 Å². The number of hydrogen-bond donors (Lipinski definition) is 2. The van der Waals surface area contributed by atoms with Crippen LogP contribution in [-0.2, 0) is 6.42 Å². The van der Waals surface area contributed by atoms with Gasteiger partial charge in [0.05, 0.1) is 0 Å². The first-order valence-corrected chi connectivity index (χ1v) is 8.78. The van der Waals surface area contributed by atoms with Crippen molar-refractivity contribution >= 4 is 33.5 Å². The molecular weight excluding hydrogens is 346 g/mol. The molecule has 0 amide bonds. The minimum Gasteiger partial charge on any atom is -0.384 e. The molecule has 0 aliphatic rings. The zero-order valence-electron chi connectivity index (χ0n) is 12.1. The van der Waals surface area contributed by atoms with Crippen molar-refractivity contribution in [2.75, 3.05) is 18.0 Å². The summed E-state index contributed by atoms with van der Waals surface area (Å²) < 4.78 is 1.15. The fraction of sp³-hybridized carbons (Fsp3) is 0.312. The van der Waals surface area contributed by atoms with Crippen molar-refractivity contribution in [3.63, 3.8) is 0 Å². The van der Waals surface area contributed by atoms with Gasteiger partial charge in [0.25, 0.3) is 0 Å². The molecule has 0 spiro atoms. The van der Waals surface area contributed by atoms with Gasteiger partial charge in [-0.15, -0.1) is 11.8 Å². The van der Waals surface area contributed by atoms with Gasteiger partial charge in [-0.25, -0.2) is 4.98 Å². The smallest absolute Gasteiger partial charge is 0.123 e. The average Bonchev–Trinajstić information content (AvgIpc) is 2.46. The van der Waals surface area contributed by atoms with Gasteiger partial charge in [0, 0.05) is 27.4 Å². The highest BCUT2D eigenvalue weighted by atomic mass is 79.9. The summed E-state index contributed by atoms with van der Waals surface area (Å²) in [5.41, 5.74) is 6.97. The Balaban J connectivity index is 1.97. The molecule has 0 aliphatic carbocycles. The quantitative estimate of drug-likeness (QED) is 0.733. The first-order valence-electron chi connectivity index (χ1n) is 7.00. The van der Waals surface area contributed by atoms with Crippen LogP contribution in [0.5, 0.6) is 0 Å². The largest absolute Gasteiger partial charge is 0.384 e. The van der Waals surface area contributed by atoms with E-state index in [4.69, 9.17) is 5.73 Å². The number of nitrogens with one attached hydrogen (secondary N) is 1. The van der Waals surface area contributed by atoms with Crippen molar-refractivity contribution in [3.8, 4) is 0 Å². The molecule has 3 nitrogen and oxygen atoms in total. The van der Waals surface area contributed by atoms with Crippen LogP contribution >= 0.6 is 27.7 Å². The van der Waals surface area contributed by atoms with Crippen molar-refractivity contribution < 1.29 is 0 Å². The van der Waals surface area contributed by atoms with Crippen LogP contribution in [0.4, 0.5) is 5.82 Å². The Labute approximate surface area is 138 Å². The van der Waals surface area contributed by atoms with Crippen molar-refractivity contribution in [2.24, 2.45) is 0 Å². The van der Waals surface area contributed by atoms with E-state index < -0.39 is 0 Å². The second-order valence-corrected chi connectivity index (χ2v) is 6.71. The normalized spacial score (nSPS) is 12.3. The lowest BCUT2D eigenvalue weighted by molar-refractivity contribution is 0.572. The molecule has 2 rings (SSSR count). The molecule has 1 atom stereocenters. The van der Waals surface area contributed by atoms with E-state index in [1.165, 1.54) is 10.5 Å². The second kappa shape index (κ2) is 8.41. The highest BCUT2D eigenvalue weighted by molar-refractivity contribution is 9.10. The van der Waals surface area contributed by atoms with Gasteiger partial charge >= 0.3 is 0 Å². The van der Waals surface area contributed by atoms with Gasteiger partial charge in [-0.1, -0.05) is 19.1 Å². The standard InChI is InChI=1S/C16H20BrN3S/c1-2-19-13(9-12-7-8-20-16(18)10-12)11-21-15-6-4-3-5-14(15)17/h3-8,10,13,19H,2,9,11H2,1H3,(H2,18,20). The van der Waals surface area contributed by atoms with E-state index in [1.54, 1.807) is 6.20 Å². The zero-order chi connectivity index (χ0) is 15.1. The fourth-order valence-corrected chi connectivity index (χ4v) is 3.76. The molecule has 3 N–H and O–H groups in total. The Kier molecular flexibility index (Phi) is 6.54. The van der Waals surface area contributed by atoms with Crippen molar-refractivity contribution in [1.29, 1.82) is 0 Å². The Morgan fingerprint density at radius 1 is 1.33 bits per heavy atom. The maximum Gasteiger partial charge on any atom is 0.123 e. The Morgan fingerprint density at radius 3 is 2.86 bits per heavy atom. The van der Waals surface area contributed by atoms with E-state index in [-0.39, 0.29) is 0 Å². The van der Waals surface area contributed by atoms with E-state index in [9.17, 15) is 0 Å². The lowest BCUT2D eigenvalue weighted by atomic mass is 10.1. The summed E-state index contributed by atoms with van der Waals surface area (Å²) in [6.45, 7) is 3.10. The second-order valence-electron chi connectivity index (χ2n) is 4.79. The number of benzene rings is 1. The number of nitrogens with zero attached hydrogens (tertiary/aromatic N) is 1. The highest BCUT2D eigenvalue weighted by Gasteiger charge is 2.10. The van der Waals surface area contributed by atoms with Crippen LogP contribution in [0, 0.1) is 0 Å². The minimum absolute atomic E-state index is 0.411. The molecule has 0 saturated carbocycles. The minimum atomic E-state index is 0.411. The Hall–Kier alpha value is -1.04. The van der Waals surface area contributed by atoms with Crippen LogP contribution in [0.3, 0.4) is 0 Å². The number of halogens is 1. The number of rotatable bonds is 7. The molecule has 1 aromatic heterocycles. The van der Waals surface area contributed by atoms with Crippen molar-refractivity contribution in [1.82, 2.24) is 10.3 Å². The van der Waals surface area contributed by atoms with Crippen molar-refractivity contribution in [2.45, 2.75) is 24.3 Å². The van der Waals surface area contributed by atoms with E-state index >= 15 is 0 Å². The lowest BCUT2D eigenvalue weighted by Gasteiger charge is -2.18. The summed E-state index contributed by atoms with van der Waals surface area (Å²) in [7, 11) is 0. The van der Waals surface area contributed by atoms with Crippen LogP contribution in [-0.4, -0.2) is 23.3 Å². The van der Waals surface area contributed by atoms with Crippen LogP contribution in [0.15, 0.2) is 52.0 Å². The summed E-state index contributed by atoms with van der Waals surface area (Å²) in [6, 6.07) is 12.7. The van der Waals surface area contributed by atoms with Gasteiger partial charge in [0.1, 0.15) is 5.82 Å².